The molecule has 3 rings (SSSR count). The highest BCUT2D eigenvalue weighted by molar-refractivity contribution is 7.12. The van der Waals surface area contributed by atoms with Crippen molar-refractivity contribution in [2.45, 2.75) is 19.9 Å². The molecule has 0 saturated heterocycles. The van der Waals surface area contributed by atoms with Gasteiger partial charge in [0.1, 0.15) is 0 Å². The summed E-state index contributed by atoms with van der Waals surface area (Å²) in [7, 11) is 0. The molecule has 0 bridgehead atoms. The van der Waals surface area contributed by atoms with Crippen LogP contribution in [0.15, 0.2) is 48.7 Å². The number of nitrogens with zero attached hydrogens (tertiary/aromatic N) is 1. The van der Waals surface area contributed by atoms with Crippen molar-refractivity contribution in [3.8, 4) is 0 Å². The molecule has 0 aliphatic rings. The monoisotopic (exact) mass is 268 g/mol. The first kappa shape index (κ1) is 12.2. The van der Waals surface area contributed by atoms with E-state index in [0.29, 0.717) is 0 Å². The summed E-state index contributed by atoms with van der Waals surface area (Å²) < 4.78 is 0. The molecule has 2 heterocycles. The molecule has 0 aliphatic carbocycles. The molecule has 3 heteroatoms. The number of aromatic nitrogens is 1. The van der Waals surface area contributed by atoms with Crippen molar-refractivity contribution < 1.29 is 0 Å². The number of benzene rings is 1. The lowest BCUT2D eigenvalue weighted by molar-refractivity contribution is 1.19. The quantitative estimate of drug-likeness (QED) is 0.755. The number of hydrogen-bond donors (Lipinski definition) is 1. The van der Waals surface area contributed by atoms with Crippen LogP contribution in [0.3, 0.4) is 0 Å². The summed E-state index contributed by atoms with van der Waals surface area (Å²) in [5.74, 6) is 0. The summed E-state index contributed by atoms with van der Waals surface area (Å²) in [6.07, 6.45) is 2.94. The van der Waals surface area contributed by atoms with Crippen molar-refractivity contribution >= 4 is 27.9 Å². The number of pyridine rings is 1. The van der Waals surface area contributed by atoms with Crippen LogP contribution in [0, 0.1) is 0 Å². The van der Waals surface area contributed by atoms with Crippen LogP contribution < -0.4 is 5.32 Å². The molecule has 0 amide bonds. The highest BCUT2D eigenvalue weighted by atomic mass is 32.1. The fourth-order valence-corrected chi connectivity index (χ4v) is 2.98. The summed E-state index contributed by atoms with van der Waals surface area (Å²) in [4.78, 5) is 7.15. The third kappa shape index (κ3) is 2.76. The average molecular weight is 268 g/mol. The molecule has 0 unspecified atom stereocenters. The molecular weight excluding hydrogens is 252 g/mol. The van der Waals surface area contributed by atoms with Gasteiger partial charge in [-0.1, -0.05) is 13.0 Å². The molecule has 3 aromatic rings. The molecular formula is C16H16N2S. The van der Waals surface area contributed by atoms with Crippen molar-refractivity contribution in [1.82, 2.24) is 4.98 Å². The van der Waals surface area contributed by atoms with Crippen molar-refractivity contribution in [2.75, 3.05) is 5.32 Å². The lowest BCUT2D eigenvalue weighted by Crippen LogP contribution is -1.97. The van der Waals surface area contributed by atoms with Gasteiger partial charge in [-0.15, -0.1) is 11.3 Å². The third-order valence-electron chi connectivity index (χ3n) is 3.14. The van der Waals surface area contributed by atoms with Crippen LogP contribution in [-0.4, -0.2) is 4.98 Å². The molecule has 1 aromatic carbocycles. The Morgan fingerprint density at radius 3 is 2.84 bits per heavy atom. The number of rotatable bonds is 4. The first-order chi connectivity index (χ1) is 9.35. The Balaban J connectivity index is 1.74. The molecule has 96 valence electrons. The number of hydrogen-bond acceptors (Lipinski definition) is 3. The second-order valence-electron chi connectivity index (χ2n) is 4.49. The Bertz CT molecular complexity index is 688. The molecule has 19 heavy (non-hydrogen) atoms. The maximum absolute atomic E-state index is 4.33. The topological polar surface area (TPSA) is 24.9 Å². The standard InChI is InChI=1S/C16H16N2S/c1-2-14-6-7-15(19-14)11-18-13-5-8-16-12(10-13)4-3-9-17-16/h3-10,18H,2,11H2,1H3. The maximum Gasteiger partial charge on any atom is 0.0703 e. The van der Waals surface area contributed by atoms with Gasteiger partial charge < -0.3 is 5.32 Å². The molecule has 0 radical (unpaired) electrons. The van der Waals surface area contributed by atoms with Crippen molar-refractivity contribution in [3.05, 3.63) is 58.4 Å². The van der Waals surface area contributed by atoms with Gasteiger partial charge in [-0.3, -0.25) is 4.98 Å². The maximum atomic E-state index is 4.33. The molecule has 0 spiro atoms. The Morgan fingerprint density at radius 1 is 1.11 bits per heavy atom. The highest BCUT2D eigenvalue weighted by Crippen LogP contribution is 2.20. The molecule has 2 aromatic heterocycles. The van der Waals surface area contributed by atoms with Crippen LogP contribution in [-0.2, 0) is 13.0 Å². The molecule has 0 saturated carbocycles. The van der Waals surface area contributed by atoms with Gasteiger partial charge in [-0.25, -0.2) is 0 Å². The SMILES string of the molecule is CCc1ccc(CNc2ccc3ncccc3c2)s1. The van der Waals surface area contributed by atoms with Gasteiger partial charge in [0.25, 0.3) is 0 Å². The minimum atomic E-state index is 0.885. The molecule has 1 N–H and O–H groups in total. The second kappa shape index (κ2) is 5.41. The molecule has 2 nitrogen and oxygen atoms in total. The average Bonchev–Trinajstić information content (AvgIpc) is 2.93. The van der Waals surface area contributed by atoms with Gasteiger partial charge in [0, 0.05) is 33.6 Å². The van der Waals surface area contributed by atoms with Gasteiger partial charge >= 0.3 is 0 Å². The van der Waals surface area contributed by atoms with E-state index < -0.39 is 0 Å². The lowest BCUT2D eigenvalue weighted by atomic mass is 10.2. The van der Waals surface area contributed by atoms with E-state index in [4.69, 9.17) is 0 Å². The third-order valence-corrected chi connectivity index (χ3v) is 4.37. The van der Waals surface area contributed by atoms with E-state index in [0.717, 1.165) is 24.2 Å². The Morgan fingerprint density at radius 2 is 2.00 bits per heavy atom. The van der Waals surface area contributed by atoms with Crippen molar-refractivity contribution in [1.29, 1.82) is 0 Å². The van der Waals surface area contributed by atoms with E-state index in [9.17, 15) is 0 Å². The smallest absolute Gasteiger partial charge is 0.0703 e. The van der Waals surface area contributed by atoms with E-state index in [2.05, 4.69) is 53.6 Å². The van der Waals surface area contributed by atoms with Crippen LogP contribution in [0.2, 0.25) is 0 Å². The molecule has 0 atom stereocenters. The first-order valence-corrected chi connectivity index (χ1v) is 7.33. The summed E-state index contributed by atoms with van der Waals surface area (Å²) >= 11 is 1.88. The summed E-state index contributed by atoms with van der Waals surface area (Å²) in [5.41, 5.74) is 2.18. The van der Waals surface area contributed by atoms with Crippen molar-refractivity contribution in [2.24, 2.45) is 0 Å². The zero-order chi connectivity index (χ0) is 13.1. The van der Waals surface area contributed by atoms with E-state index in [1.807, 2.05) is 23.6 Å². The predicted molar refractivity (Wildman–Crippen MR) is 82.8 cm³/mol. The fourth-order valence-electron chi connectivity index (χ4n) is 2.08. The summed E-state index contributed by atoms with van der Waals surface area (Å²) in [6.45, 7) is 3.08. The number of thiophene rings is 1. The van der Waals surface area contributed by atoms with Gasteiger partial charge in [0.15, 0.2) is 0 Å². The van der Waals surface area contributed by atoms with Crippen molar-refractivity contribution in [3.63, 3.8) is 0 Å². The van der Waals surface area contributed by atoms with E-state index in [1.54, 1.807) is 0 Å². The van der Waals surface area contributed by atoms with Crippen LogP contribution in [0.25, 0.3) is 10.9 Å². The largest absolute Gasteiger partial charge is 0.380 e. The van der Waals surface area contributed by atoms with Crippen LogP contribution >= 0.6 is 11.3 Å². The normalized spacial score (nSPS) is 10.8. The zero-order valence-corrected chi connectivity index (χ0v) is 11.7. The number of nitrogens with one attached hydrogen (secondary N) is 1. The summed E-state index contributed by atoms with van der Waals surface area (Å²) in [6, 6.07) is 14.8. The lowest BCUT2D eigenvalue weighted by Gasteiger charge is -2.06. The minimum absolute atomic E-state index is 0.885. The van der Waals surface area contributed by atoms with Gasteiger partial charge in [0.2, 0.25) is 0 Å². The Kier molecular flexibility index (Phi) is 3.47. The molecule has 0 fully saturated rings. The van der Waals surface area contributed by atoms with Crippen LogP contribution in [0.5, 0.6) is 0 Å². The van der Waals surface area contributed by atoms with Crippen LogP contribution in [0.4, 0.5) is 5.69 Å². The Labute approximate surface area is 117 Å². The van der Waals surface area contributed by atoms with Crippen LogP contribution in [0.1, 0.15) is 16.7 Å². The Hall–Kier alpha value is -1.87. The van der Waals surface area contributed by atoms with Gasteiger partial charge in [-0.05, 0) is 42.8 Å². The van der Waals surface area contributed by atoms with E-state index in [-0.39, 0.29) is 0 Å². The molecule has 0 aliphatic heterocycles. The number of aryl methyl sites for hydroxylation is 1. The predicted octanol–water partition coefficient (Wildman–Crippen LogP) is 4.47. The second-order valence-corrected chi connectivity index (χ2v) is 5.74. The minimum Gasteiger partial charge on any atom is -0.380 e. The van der Waals surface area contributed by atoms with Gasteiger partial charge in [-0.2, -0.15) is 0 Å². The van der Waals surface area contributed by atoms with E-state index in [1.165, 1.54) is 15.1 Å². The van der Waals surface area contributed by atoms with E-state index >= 15 is 0 Å². The first-order valence-electron chi connectivity index (χ1n) is 6.51. The summed E-state index contributed by atoms with van der Waals surface area (Å²) in [5, 5.41) is 4.65. The highest BCUT2D eigenvalue weighted by Gasteiger charge is 2.00. The zero-order valence-electron chi connectivity index (χ0n) is 10.9. The van der Waals surface area contributed by atoms with Gasteiger partial charge in [0.05, 0.1) is 5.52 Å². The number of fused-ring (bicyclic) bond motifs is 1. The number of anilines is 1. The fraction of sp³-hybridized carbons (Fsp3) is 0.188.